The van der Waals surface area contributed by atoms with Gasteiger partial charge in [0.1, 0.15) is 5.82 Å². The quantitative estimate of drug-likeness (QED) is 0.648. The van der Waals surface area contributed by atoms with Crippen molar-refractivity contribution >= 4 is 5.91 Å². The summed E-state index contributed by atoms with van der Waals surface area (Å²) in [6.07, 6.45) is 8.86. The first kappa shape index (κ1) is 18.5. The van der Waals surface area contributed by atoms with Gasteiger partial charge in [0.2, 0.25) is 5.91 Å². The van der Waals surface area contributed by atoms with Crippen LogP contribution in [0, 0.1) is 12.3 Å². The molecular formula is C24H26N3O. The molecule has 0 spiro atoms. The van der Waals surface area contributed by atoms with Gasteiger partial charge in [0.25, 0.3) is 0 Å². The molecule has 4 nitrogen and oxygen atoms in total. The van der Waals surface area contributed by atoms with Gasteiger partial charge in [-0.2, -0.15) is 0 Å². The summed E-state index contributed by atoms with van der Waals surface area (Å²) in [5.74, 6) is 1.05. The molecule has 0 unspecified atom stereocenters. The number of carbonyl (C=O) groups is 1. The van der Waals surface area contributed by atoms with Crippen molar-refractivity contribution in [2.24, 2.45) is 5.92 Å². The summed E-state index contributed by atoms with van der Waals surface area (Å²) in [5.41, 5.74) is 3.15. The van der Waals surface area contributed by atoms with Crippen molar-refractivity contribution in [3.8, 4) is 11.3 Å². The molecule has 2 N–H and O–H groups in total. The molecule has 1 heterocycles. The number of aromatic nitrogens is 2. The SMILES string of the molecule is O=C(N[C@@H](Cc1ccccc1)c1nc(-c2ccccc2)c[nH]1)C1CC[CH]CC1. The zero-order chi connectivity index (χ0) is 19.2. The van der Waals surface area contributed by atoms with Crippen LogP contribution in [0.5, 0.6) is 0 Å². The molecule has 28 heavy (non-hydrogen) atoms. The fourth-order valence-corrected chi connectivity index (χ4v) is 3.82. The second kappa shape index (κ2) is 8.87. The lowest BCUT2D eigenvalue weighted by Gasteiger charge is -2.24. The molecule has 1 aliphatic rings. The monoisotopic (exact) mass is 372 g/mol. The van der Waals surface area contributed by atoms with Crippen LogP contribution in [0.1, 0.15) is 43.1 Å². The van der Waals surface area contributed by atoms with E-state index in [4.69, 9.17) is 4.98 Å². The summed E-state index contributed by atoms with van der Waals surface area (Å²) in [6, 6.07) is 20.2. The summed E-state index contributed by atoms with van der Waals surface area (Å²) in [5, 5.41) is 3.27. The molecule has 1 aromatic heterocycles. The normalized spacial score (nSPS) is 15.9. The fraction of sp³-hybridized carbons (Fsp3) is 0.292. The maximum atomic E-state index is 12.9. The van der Waals surface area contributed by atoms with E-state index in [1.165, 1.54) is 5.56 Å². The number of hydrogen-bond acceptors (Lipinski definition) is 2. The second-order valence-corrected chi connectivity index (χ2v) is 7.43. The fourth-order valence-electron chi connectivity index (χ4n) is 3.82. The van der Waals surface area contributed by atoms with Gasteiger partial charge < -0.3 is 10.3 Å². The number of H-pyrrole nitrogens is 1. The predicted octanol–water partition coefficient (Wildman–Crippen LogP) is 4.87. The Balaban J connectivity index is 1.55. The minimum Gasteiger partial charge on any atom is -0.346 e. The number of rotatable bonds is 6. The third-order valence-electron chi connectivity index (χ3n) is 5.41. The van der Waals surface area contributed by atoms with Gasteiger partial charge >= 0.3 is 0 Å². The molecular weight excluding hydrogens is 346 g/mol. The molecule has 1 fully saturated rings. The maximum Gasteiger partial charge on any atom is 0.223 e. The van der Waals surface area contributed by atoms with Gasteiger partial charge in [0.05, 0.1) is 11.7 Å². The van der Waals surface area contributed by atoms with E-state index < -0.39 is 0 Å². The van der Waals surface area contributed by atoms with Gasteiger partial charge in [-0.25, -0.2) is 4.98 Å². The second-order valence-electron chi connectivity index (χ2n) is 7.43. The zero-order valence-corrected chi connectivity index (χ0v) is 16.0. The Morgan fingerprint density at radius 2 is 1.71 bits per heavy atom. The van der Waals surface area contributed by atoms with E-state index in [-0.39, 0.29) is 17.9 Å². The largest absolute Gasteiger partial charge is 0.346 e. The van der Waals surface area contributed by atoms with Crippen LogP contribution in [0.25, 0.3) is 11.3 Å². The number of carbonyl (C=O) groups excluding carboxylic acids is 1. The molecule has 143 valence electrons. The molecule has 0 aliphatic heterocycles. The number of imidazole rings is 1. The van der Waals surface area contributed by atoms with Gasteiger partial charge in [-0.1, -0.05) is 60.7 Å². The number of hydrogen-bond donors (Lipinski definition) is 2. The van der Waals surface area contributed by atoms with E-state index in [9.17, 15) is 4.79 Å². The number of nitrogens with zero attached hydrogens (tertiary/aromatic N) is 1. The Kier molecular flexibility index (Phi) is 5.86. The van der Waals surface area contributed by atoms with Crippen molar-refractivity contribution in [1.29, 1.82) is 0 Å². The first-order chi connectivity index (χ1) is 13.8. The van der Waals surface area contributed by atoms with Gasteiger partial charge in [-0.3, -0.25) is 4.79 Å². The summed E-state index contributed by atoms with van der Waals surface area (Å²) >= 11 is 0. The number of benzene rings is 2. The van der Waals surface area contributed by atoms with Crippen LogP contribution in [0.2, 0.25) is 0 Å². The third-order valence-corrected chi connectivity index (χ3v) is 5.41. The van der Waals surface area contributed by atoms with E-state index in [1.54, 1.807) is 0 Å². The minimum absolute atomic E-state index is 0.104. The van der Waals surface area contributed by atoms with Crippen LogP contribution >= 0.6 is 0 Å². The maximum absolute atomic E-state index is 12.9. The molecule has 3 aromatic rings. The van der Waals surface area contributed by atoms with Crippen molar-refractivity contribution < 1.29 is 4.79 Å². The highest BCUT2D eigenvalue weighted by Gasteiger charge is 2.25. The molecule has 1 amide bonds. The van der Waals surface area contributed by atoms with Crippen molar-refractivity contribution in [1.82, 2.24) is 15.3 Å². The highest BCUT2D eigenvalue weighted by Crippen LogP contribution is 2.26. The highest BCUT2D eigenvalue weighted by atomic mass is 16.1. The molecule has 0 bridgehead atoms. The van der Waals surface area contributed by atoms with Crippen LogP contribution in [0.3, 0.4) is 0 Å². The van der Waals surface area contributed by atoms with E-state index >= 15 is 0 Å². The standard InChI is InChI=1S/C24H26N3O/c28-24(20-14-8-3-9-15-20)27-21(16-18-10-4-1-5-11-18)23-25-17-22(26-23)19-12-6-2-7-13-19/h1-7,10-13,17,20-21H,8-9,14-16H2,(H,25,26)(H,27,28)/t21-/m0/s1. The van der Waals surface area contributed by atoms with E-state index in [0.717, 1.165) is 42.8 Å². The lowest BCUT2D eigenvalue weighted by Crippen LogP contribution is -2.36. The van der Waals surface area contributed by atoms with Crippen LogP contribution in [0.4, 0.5) is 0 Å². The van der Waals surface area contributed by atoms with Crippen molar-refractivity contribution in [2.45, 2.75) is 38.1 Å². The number of nitrogens with one attached hydrogen (secondary N) is 2. The Morgan fingerprint density at radius 3 is 2.43 bits per heavy atom. The molecule has 1 saturated carbocycles. The minimum atomic E-state index is -0.168. The molecule has 0 saturated heterocycles. The average Bonchev–Trinajstić information content (AvgIpc) is 3.25. The van der Waals surface area contributed by atoms with Crippen LogP contribution in [-0.4, -0.2) is 15.9 Å². The van der Waals surface area contributed by atoms with E-state index in [1.807, 2.05) is 54.7 Å². The summed E-state index contributed by atoms with van der Waals surface area (Å²) in [4.78, 5) is 21.0. The van der Waals surface area contributed by atoms with Gasteiger partial charge in [0.15, 0.2) is 0 Å². The van der Waals surface area contributed by atoms with Crippen LogP contribution in [0.15, 0.2) is 66.9 Å². The molecule has 2 aromatic carbocycles. The summed E-state index contributed by atoms with van der Waals surface area (Å²) < 4.78 is 0. The molecule has 4 rings (SSSR count). The summed E-state index contributed by atoms with van der Waals surface area (Å²) in [7, 11) is 0. The van der Waals surface area contributed by atoms with Crippen molar-refractivity contribution in [3.63, 3.8) is 0 Å². The van der Waals surface area contributed by atoms with E-state index in [2.05, 4.69) is 28.9 Å². The molecule has 1 atom stereocenters. The lowest BCUT2D eigenvalue weighted by molar-refractivity contribution is -0.126. The van der Waals surface area contributed by atoms with Crippen molar-refractivity contribution in [3.05, 3.63) is 84.7 Å². The third kappa shape index (κ3) is 4.50. The van der Waals surface area contributed by atoms with Crippen LogP contribution < -0.4 is 5.32 Å². The highest BCUT2D eigenvalue weighted by molar-refractivity contribution is 5.79. The van der Waals surface area contributed by atoms with Gasteiger partial charge in [-0.05, 0) is 44.1 Å². The molecule has 1 aliphatic carbocycles. The topological polar surface area (TPSA) is 57.8 Å². The Hall–Kier alpha value is -2.88. The summed E-state index contributed by atoms with van der Waals surface area (Å²) in [6.45, 7) is 0. The average molecular weight is 372 g/mol. The van der Waals surface area contributed by atoms with Gasteiger partial charge in [-0.15, -0.1) is 0 Å². The number of aromatic amines is 1. The Morgan fingerprint density at radius 1 is 1.04 bits per heavy atom. The zero-order valence-electron chi connectivity index (χ0n) is 16.0. The van der Waals surface area contributed by atoms with Gasteiger partial charge in [0, 0.05) is 17.7 Å². The smallest absolute Gasteiger partial charge is 0.223 e. The Bertz CT molecular complexity index is 882. The number of amides is 1. The molecule has 1 radical (unpaired) electrons. The van der Waals surface area contributed by atoms with Crippen molar-refractivity contribution in [2.75, 3.05) is 0 Å². The van der Waals surface area contributed by atoms with Crippen LogP contribution in [-0.2, 0) is 11.2 Å². The Labute approximate surface area is 166 Å². The molecule has 4 heteroatoms. The lowest BCUT2D eigenvalue weighted by atomic mass is 9.88. The van der Waals surface area contributed by atoms with E-state index in [0.29, 0.717) is 6.42 Å². The first-order valence-corrected chi connectivity index (χ1v) is 10.1. The first-order valence-electron chi connectivity index (χ1n) is 10.1. The predicted molar refractivity (Wildman–Crippen MR) is 111 cm³/mol.